The van der Waals surface area contributed by atoms with Crippen LogP contribution >= 0.6 is 0 Å². The predicted octanol–water partition coefficient (Wildman–Crippen LogP) is 1.79. The van der Waals surface area contributed by atoms with E-state index in [9.17, 15) is 9.90 Å². The highest BCUT2D eigenvalue weighted by Gasteiger charge is 2.26. The molecule has 0 bridgehead atoms. The Labute approximate surface area is 140 Å². The largest absolute Gasteiger partial charge is 0.389 e. The summed E-state index contributed by atoms with van der Waals surface area (Å²) in [6, 6.07) is 0.296. The topological polar surface area (TPSA) is 61.8 Å². The second kappa shape index (κ2) is 9.60. The molecule has 0 radical (unpaired) electrons. The molecule has 2 rings (SSSR count). The lowest BCUT2D eigenvalue weighted by Gasteiger charge is -2.34. The lowest BCUT2D eigenvalue weighted by molar-refractivity contribution is -0.126. The maximum absolute atomic E-state index is 12.4. The van der Waals surface area contributed by atoms with Gasteiger partial charge in [0.15, 0.2) is 0 Å². The number of aliphatic hydroxyl groups is 1. The second-order valence-corrected chi connectivity index (χ2v) is 7.48. The molecule has 0 aromatic rings. The lowest BCUT2D eigenvalue weighted by Crippen LogP contribution is -2.48. The Morgan fingerprint density at radius 1 is 1.26 bits per heavy atom. The molecule has 1 aliphatic carbocycles. The molecule has 1 saturated carbocycles. The zero-order valence-corrected chi connectivity index (χ0v) is 14.8. The number of hydrogen-bond acceptors (Lipinski definition) is 4. The predicted molar refractivity (Wildman–Crippen MR) is 91.2 cm³/mol. The summed E-state index contributed by atoms with van der Waals surface area (Å²) in [5, 5.41) is 13.0. The molecule has 1 aliphatic heterocycles. The first-order chi connectivity index (χ1) is 11.1. The van der Waals surface area contributed by atoms with E-state index in [0.717, 1.165) is 38.3 Å². The average molecular weight is 326 g/mol. The summed E-state index contributed by atoms with van der Waals surface area (Å²) in [6.07, 6.45) is 7.87. The third-order valence-electron chi connectivity index (χ3n) is 5.37. The van der Waals surface area contributed by atoms with Crippen LogP contribution in [0.2, 0.25) is 0 Å². The maximum atomic E-state index is 12.4. The van der Waals surface area contributed by atoms with Crippen LogP contribution in [0.4, 0.5) is 0 Å². The van der Waals surface area contributed by atoms with Crippen molar-refractivity contribution in [1.82, 2.24) is 10.2 Å². The number of ether oxygens (including phenoxy) is 1. The highest BCUT2D eigenvalue weighted by atomic mass is 16.5. The first-order valence-corrected chi connectivity index (χ1v) is 9.28. The molecule has 5 heteroatoms. The number of methoxy groups -OCH3 is 1. The Hall–Kier alpha value is -0.650. The number of carbonyl (C=O) groups excluding carboxylic acids is 1. The SMILES string of the molecule is COCC(O)CN1CCC(NC(=O)C(C)CC2CCCC2)CC1. The van der Waals surface area contributed by atoms with Crippen molar-refractivity contribution in [3.8, 4) is 0 Å². The average Bonchev–Trinajstić information content (AvgIpc) is 3.02. The highest BCUT2D eigenvalue weighted by Crippen LogP contribution is 2.30. The van der Waals surface area contributed by atoms with E-state index in [2.05, 4.69) is 17.1 Å². The van der Waals surface area contributed by atoms with Crippen molar-refractivity contribution in [1.29, 1.82) is 0 Å². The molecule has 2 atom stereocenters. The first kappa shape index (κ1) is 18.7. The van der Waals surface area contributed by atoms with Crippen molar-refractivity contribution in [2.45, 2.75) is 64.0 Å². The van der Waals surface area contributed by atoms with Gasteiger partial charge >= 0.3 is 0 Å². The van der Waals surface area contributed by atoms with Crippen LogP contribution in [-0.4, -0.2) is 61.4 Å². The molecule has 0 aromatic carbocycles. The maximum Gasteiger partial charge on any atom is 0.223 e. The molecule has 1 amide bonds. The van der Waals surface area contributed by atoms with Gasteiger partial charge in [0.05, 0.1) is 12.7 Å². The fourth-order valence-electron chi connectivity index (χ4n) is 4.00. The Bertz CT molecular complexity index is 350. The highest BCUT2D eigenvalue weighted by molar-refractivity contribution is 5.78. The molecule has 2 fully saturated rings. The number of likely N-dealkylation sites (tertiary alicyclic amines) is 1. The molecule has 5 nitrogen and oxygen atoms in total. The van der Waals surface area contributed by atoms with Crippen molar-refractivity contribution in [3.05, 3.63) is 0 Å². The number of amides is 1. The summed E-state index contributed by atoms with van der Waals surface area (Å²) in [6.45, 7) is 4.98. The minimum absolute atomic E-state index is 0.139. The fourth-order valence-corrected chi connectivity index (χ4v) is 4.00. The molecular formula is C18H34N2O3. The van der Waals surface area contributed by atoms with Gasteiger partial charge in [-0.25, -0.2) is 0 Å². The summed E-state index contributed by atoms with van der Waals surface area (Å²) in [7, 11) is 1.61. The van der Waals surface area contributed by atoms with E-state index in [4.69, 9.17) is 4.74 Å². The third kappa shape index (κ3) is 6.40. The molecule has 0 spiro atoms. The quantitative estimate of drug-likeness (QED) is 0.714. The summed E-state index contributed by atoms with van der Waals surface area (Å²) in [5.74, 6) is 1.13. The van der Waals surface area contributed by atoms with Crippen LogP contribution in [0.1, 0.15) is 51.9 Å². The van der Waals surface area contributed by atoms with Crippen molar-refractivity contribution < 1.29 is 14.6 Å². The number of aliphatic hydroxyl groups excluding tert-OH is 1. The van der Waals surface area contributed by atoms with Gasteiger partial charge in [0.25, 0.3) is 0 Å². The van der Waals surface area contributed by atoms with Gasteiger partial charge in [-0.3, -0.25) is 4.79 Å². The van der Waals surface area contributed by atoms with E-state index in [0.29, 0.717) is 19.2 Å². The smallest absolute Gasteiger partial charge is 0.223 e. The summed E-state index contributed by atoms with van der Waals surface area (Å²) < 4.78 is 4.97. The van der Waals surface area contributed by atoms with Crippen LogP contribution in [0.3, 0.4) is 0 Å². The molecule has 2 N–H and O–H groups in total. The number of piperidine rings is 1. The number of hydrogen-bond donors (Lipinski definition) is 2. The van der Waals surface area contributed by atoms with Crippen molar-refractivity contribution >= 4 is 5.91 Å². The molecule has 1 heterocycles. The molecule has 23 heavy (non-hydrogen) atoms. The van der Waals surface area contributed by atoms with E-state index < -0.39 is 6.10 Å². The normalized spacial score (nSPS) is 23.8. The van der Waals surface area contributed by atoms with Crippen molar-refractivity contribution in [2.75, 3.05) is 33.4 Å². The van der Waals surface area contributed by atoms with Crippen LogP contribution in [0.25, 0.3) is 0 Å². The zero-order chi connectivity index (χ0) is 16.7. The van der Waals surface area contributed by atoms with Gasteiger partial charge in [-0.05, 0) is 25.2 Å². The van der Waals surface area contributed by atoms with Crippen LogP contribution in [-0.2, 0) is 9.53 Å². The summed E-state index contributed by atoms with van der Waals surface area (Å²) in [5.41, 5.74) is 0. The Balaban J connectivity index is 1.63. The van der Waals surface area contributed by atoms with Crippen LogP contribution in [0.5, 0.6) is 0 Å². The molecule has 2 aliphatic rings. The van der Waals surface area contributed by atoms with Crippen LogP contribution < -0.4 is 5.32 Å². The van der Waals surface area contributed by atoms with Gasteiger partial charge < -0.3 is 20.1 Å². The lowest BCUT2D eigenvalue weighted by atomic mass is 9.93. The first-order valence-electron chi connectivity index (χ1n) is 9.28. The third-order valence-corrected chi connectivity index (χ3v) is 5.37. The van der Waals surface area contributed by atoms with E-state index in [1.807, 2.05) is 0 Å². The van der Waals surface area contributed by atoms with Gasteiger partial charge in [-0.2, -0.15) is 0 Å². The molecule has 2 unspecified atom stereocenters. The van der Waals surface area contributed by atoms with Gasteiger partial charge in [0.1, 0.15) is 0 Å². The van der Waals surface area contributed by atoms with Crippen molar-refractivity contribution in [3.63, 3.8) is 0 Å². The van der Waals surface area contributed by atoms with Crippen LogP contribution in [0.15, 0.2) is 0 Å². The van der Waals surface area contributed by atoms with Crippen molar-refractivity contribution in [2.24, 2.45) is 11.8 Å². The zero-order valence-electron chi connectivity index (χ0n) is 14.8. The fraction of sp³-hybridized carbons (Fsp3) is 0.944. The molecule has 0 aromatic heterocycles. The number of nitrogens with one attached hydrogen (secondary N) is 1. The summed E-state index contributed by atoms with van der Waals surface area (Å²) in [4.78, 5) is 14.6. The van der Waals surface area contributed by atoms with Crippen LogP contribution in [0, 0.1) is 11.8 Å². The Morgan fingerprint density at radius 2 is 1.91 bits per heavy atom. The Kier molecular flexibility index (Phi) is 7.80. The van der Waals surface area contributed by atoms with Gasteiger partial charge in [0.2, 0.25) is 5.91 Å². The molecule has 134 valence electrons. The standard InChI is InChI=1S/C18H34N2O3/c1-14(11-15-5-3-4-6-15)18(22)19-16-7-9-20(10-8-16)12-17(21)13-23-2/h14-17,21H,3-13H2,1-2H3,(H,19,22). The number of rotatable bonds is 8. The van der Waals surface area contributed by atoms with Gasteiger partial charge in [-0.15, -0.1) is 0 Å². The minimum atomic E-state index is -0.419. The minimum Gasteiger partial charge on any atom is -0.389 e. The van der Waals surface area contributed by atoms with E-state index in [-0.39, 0.29) is 11.8 Å². The van der Waals surface area contributed by atoms with E-state index in [1.165, 1.54) is 25.7 Å². The van der Waals surface area contributed by atoms with E-state index in [1.54, 1.807) is 7.11 Å². The monoisotopic (exact) mass is 326 g/mol. The van der Waals surface area contributed by atoms with E-state index >= 15 is 0 Å². The second-order valence-electron chi connectivity index (χ2n) is 7.48. The molecule has 1 saturated heterocycles. The Morgan fingerprint density at radius 3 is 2.52 bits per heavy atom. The summed E-state index contributed by atoms with van der Waals surface area (Å²) >= 11 is 0. The number of β-amino-alcohol motifs (C(OH)–C–C–N with tert-alkyl or cyclic N) is 1. The number of carbonyl (C=O) groups is 1. The van der Waals surface area contributed by atoms with Gasteiger partial charge in [0, 0.05) is 38.7 Å². The van der Waals surface area contributed by atoms with Gasteiger partial charge in [-0.1, -0.05) is 32.6 Å². The molecular weight excluding hydrogens is 292 g/mol. The number of nitrogens with zero attached hydrogens (tertiary/aromatic N) is 1.